The van der Waals surface area contributed by atoms with Crippen molar-refractivity contribution in [2.45, 2.75) is 0 Å². The van der Waals surface area contributed by atoms with Crippen LogP contribution < -0.4 is 5.43 Å². The van der Waals surface area contributed by atoms with E-state index in [-0.39, 0.29) is 0 Å². The topological polar surface area (TPSA) is 50.2 Å². The molecule has 1 aromatic heterocycles. The van der Waals surface area contributed by atoms with Gasteiger partial charge >= 0.3 is 0 Å². The minimum atomic E-state index is 0.893. The molecule has 1 N–H and O–H groups in total. The van der Waals surface area contributed by atoms with Crippen LogP contribution in [0, 0.1) is 0 Å². The first kappa shape index (κ1) is 8.11. The number of hydrogen-bond donors (Lipinski definition) is 1. The van der Waals surface area contributed by atoms with Crippen LogP contribution in [0.15, 0.2) is 35.7 Å². The SMILES string of the molecule is C1=Cc2c(ccc3nccnc23)NN=C1. The van der Waals surface area contributed by atoms with Gasteiger partial charge in [0, 0.05) is 24.2 Å². The van der Waals surface area contributed by atoms with E-state index in [9.17, 15) is 0 Å². The zero-order valence-electron chi connectivity index (χ0n) is 7.88. The highest BCUT2D eigenvalue weighted by molar-refractivity contribution is 5.95. The fourth-order valence-corrected chi connectivity index (χ4v) is 1.61. The van der Waals surface area contributed by atoms with Gasteiger partial charge in [-0.15, -0.1) is 0 Å². The van der Waals surface area contributed by atoms with Gasteiger partial charge in [-0.3, -0.25) is 15.4 Å². The number of anilines is 1. The molecule has 0 amide bonds. The summed E-state index contributed by atoms with van der Waals surface area (Å²) in [6.07, 6.45) is 8.96. The van der Waals surface area contributed by atoms with Gasteiger partial charge in [-0.1, -0.05) is 0 Å². The number of benzene rings is 1. The van der Waals surface area contributed by atoms with E-state index >= 15 is 0 Å². The van der Waals surface area contributed by atoms with Crippen molar-refractivity contribution in [2.75, 3.05) is 5.43 Å². The van der Waals surface area contributed by atoms with Gasteiger partial charge in [0.25, 0.3) is 0 Å². The summed E-state index contributed by atoms with van der Waals surface area (Å²) in [5.41, 5.74) is 6.72. The van der Waals surface area contributed by atoms with Gasteiger partial charge in [0.15, 0.2) is 0 Å². The Labute approximate surface area is 86.4 Å². The van der Waals surface area contributed by atoms with Crippen molar-refractivity contribution in [3.05, 3.63) is 36.2 Å². The van der Waals surface area contributed by atoms with E-state index < -0.39 is 0 Å². The van der Waals surface area contributed by atoms with E-state index in [1.807, 2.05) is 24.3 Å². The lowest BCUT2D eigenvalue weighted by molar-refractivity contribution is 1.28. The van der Waals surface area contributed by atoms with Gasteiger partial charge in [-0.25, -0.2) is 0 Å². The Kier molecular flexibility index (Phi) is 1.71. The summed E-state index contributed by atoms with van der Waals surface area (Å²) >= 11 is 0. The zero-order valence-corrected chi connectivity index (χ0v) is 7.88. The maximum Gasteiger partial charge on any atom is 0.0980 e. The average Bonchev–Trinajstić information content (AvgIpc) is 2.54. The number of fused-ring (bicyclic) bond motifs is 3. The van der Waals surface area contributed by atoms with Crippen molar-refractivity contribution in [1.29, 1.82) is 0 Å². The number of nitrogens with one attached hydrogen (secondary N) is 1. The van der Waals surface area contributed by atoms with Gasteiger partial charge in [0.2, 0.25) is 0 Å². The smallest absolute Gasteiger partial charge is 0.0980 e. The van der Waals surface area contributed by atoms with Crippen LogP contribution in [0.5, 0.6) is 0 Å². The lowest BCUT2D eigenvalue weighted by Crippen LogP contribution is -1.93. The number of allylic oxidation sites excluding steroid dienone is 1. The molecule has 15 heavy (non-hydrogen) atoms. The second kappa shape index (κ2) is 3.16. The van der Waals surface area contributed by atoms with Crippen molar-refractivity contribution in [1.82, 2.24) is 9.97 Å². The first-order valence-electron chi connectivity index (χ1n) is 4.64. The summed E-state index contributed by atoms with van der Waals surface area (Å²) in [7, 11) is 0. The van der Waals surface area contributed by atoms with Crippen molar-refractivity contribution < 1.29 is 0 Å². The first-order valence-corrected chi connectivity index (χ1v) is 4.64. The molecule has 72 valence electrons. The third-order valence-electron chi connectivity index (χ3n) is 2.29. The van der Waals surface area contributed by atoms with Gasteiger partial charge in [0.05, 0.1) is 16.7 Å². The van der Waals surface area contributed by atoms with Crippen LogP contribution in [0.1, 0.15) is 5.56 Å². The Morgan fingerprint density at radius 1 is 1.07 bits per heavy atom. The van der Waals surface area contributed by atoms with Gasteiger partial charge in [-0.2, -0.15) is 5.10 Å². The predicted octanol–water partition coefficient (Wildman–Crippen LogP) is 2.05. The molecule has 2 heterocycles. The molecule has 4 nitrogen and oxygen atoms in total. The molecule has 0 aliphatic carbocycles. The van der Waals surface area contributed by atoms with E-state index in [1.165, 1.54) is 0 Å². The predicted molar refractivity (Wildman–Crippen MR) is 60.7 cm³/mol. The molecule has 0 spiro atoms. The van der Waals surface area contributed by atoms with Crippen molar-refractivity contribution in [3.63, 3.8) is 0 Å². The minimum absolute atomic E-state index is 0.893. The fraction of sp³-hybridized carbons (Fsp3) is 0. The highest BCUT2D eigenvalue weighted by Gasteiger charge is 2.07. The van der Waals surface area contributed by atoms with E-state index in [2.05, 4.69) is 20.5 Å². The Bertz CT molecular complexity index is 572. The molecule has 0 unspecified atom stereocenters. The Morgan fingerprint density at radius 3 is 3.00 bits per heavy atom. The second-order valence-electron chi connectivity index (χ2n) is 3.20. The van der Waals surface area contributed by atoms with E-state index in [4.69, 9.17) is 0 Å². The summed E-state index contributed by atoms with van der Waals surface area (Å²) in [6, 6.07) is 3.89. The number of rotatable bonds is 0. The molecule has 0 fully saturated rings. The van der Waals surface area contributed by atoms with Gasteiger partial charge < -0.3 is 0 Å². The molecule has 2 aromatic rings. The Morgan fingerprint density at radius 2 is 2.00 bits per heavy atom. The summed E-state index contributed by atoms with van der Waals surface area (Å²) in [6.45, 7) is 0. The van der Waals surface area contributed by atoms with Crippen molar-refractivity contribution >= 4 is 29.0 Å². The molecule has 1 aromatic carbocycles. The molecule has 0 bridgehead atoms. The highest BCUT2D eigenvalue weighted by Crippen LogP contribution is 2.25. The monoisotopic (exact) mass is 196 g/mol. The van der Waals surface area contributed by atoms with E-state index in [0.29, 0.717) is 0 Å². The largest absolute Gasteiger partial charge is 0.278 e. The van der Waals surface area contributed by atoms with Gasteiger partial charge in [0.1, 0.15) is 0 Å². The standard InChI is InChI=1S/C11H8N4/c1-2-8-9(15-14-5-1)3-4-10-11(8)13-7-6-12-10/h1-7,15H. The van der Waals surface area contributed by atoms with Crippen LogP contribution in [0.25, 0.3) is 17.1 Å². The summed E-state index contributed by atoms with van der Waals surface area (Å²) in [5, 5.41) is 4.01. The summed E-state index contributed by atoms with van der Waals surface area (Å²) in [5.74, 6) is 0. The normalized spacial score (nSPS) is 13.3. The maximum absolute atomic E-state index is 4.33. The summed E-state index contributed by atoms with van der Waals surface area (Å²) < 4.78 is 0. The molecule has 1 aliphatic rings. The first-order chi connectivity index (χ1) is 7.45. The number of aromatic nitrogens is 2. The maximum atomic E-state index is 4.33. The quantitative estimate of drug-likeness (QED) is 0.701. The van der Waals surface area contributed by atoms with Crippen LogP contribution in [0.2, 0.25) is 0 Å². The number of nitrogens with zero attached hydrogens (tertiary/aromatic N) is 3. The molecular formula is C11H8N4. The Balaban J connectivity index is 2.38. The van der Waals surface area contributed by atoms with Crippen molar-refractivity contribution in [3.8, 4) is 0 Å². The number of hydrogen-bond acceptors (Lipinski definition) is 4. The lowest BCUT2D eigenvalue weighted by atomic mass is 10.1. The molecule has 0 atom stereocenters. The molecule has 3 rings (SSSR count). The molecule has 0 saturated heterocycles. The molecule has 4 heteroatoms. The third-order valence-corrected chi connectivity index (χ3v) is 2.29. The van der Waals surface area contributed by atoms with E-state index in [0.717, 1.165) is 22.3 Å². The van der Waals surface area contributed by atoms with E-state index in [1.54, 1.807) is 18.6 Å². The van der Waals surface area contributed by atoms with Crippen molar-refractivity contribution in [2.24, 2.45) is 5.10 Å². The molecular weight excluding hydrogens is 188 g/mol. The van der Waals surface area contributed by atoms with Crippen LogP contribution in [-0.4, -0.2) is 16.2 Å². The highest BCUT2D eigenvalue weighted by atomic mass is 15.3. The zero-order chi connectivity index (χ0) is 10.1. The second-order valence-corrected chi connectivity index (χ2v) is 3.20. The van der Waals surface area contributed by atoms with Crippen LogP contribution in [0.4, 0.5) is 5.69 Å². The number of hydrazone groups is 1. The average molecular weight is 196 g/mol. The van der Waals surface area contributed by atoms with Crippen LogP contribution in [0.3, 0.4) is 0 Å². The minimum Gasteiger partial charge on any atom is -0.278 e. The summed E-state index contributed by atoms with van der Waals surface area (Å²) in [4.78, 5) is 8.58. The third kappa shape index (κ3) is 1.27. The van der Waals surface area contributed by atoms with Gasteiger partial charge in [-0.05, 0) is 24.3 Å². The fourth-order valence-electron chi connectivity index (χ4n) is 1.61. The molecule has 1 aliphatic heterocycles. The molecule has 0 radical (unpaired) electrons. The van der Waals surface area contributed by atoms with Crippen LogP contribution >= 0.6 is 0 Å². The lowest BCUT2D eigenvalue weighted by Gasteiger charge is -2.05. The Hall–Kier alpha value is -2.23. The molecule has 0 saturated carbocycles. The van der Waals surface area contributed by atoms with Crippen LogP contribution in [-0.2, 0) is 0 Å².